The van der Waals surface area contributed by atoms with Gasteiger partial charge in [0, 0.05) is 11.8 Å². The fourth-order valence-electron chi connectivity index (χ4n) is 2.74. The van der Waals surface area contributed by atoms with Gasteiger partial charge in [0.05, 0.1) is 10.8 Å². The molecule has 0 saturated heterocycles. The molecule has 0 radical (unpaired) electrons. The number of benzene rings is 1. The van der Waals surface area contributed by atoms with Gasteiger partial charge < -0.3 is 4.52 Å². The highest BCUT2D eigenvalue weighted by molar-refractivity contribution is 7.99. The minimum absolute atomic E-state index is 0.00488. The highest BCUT2D eigenvalue weighted by Crippen LogP contribution is 2.34. The Kier molecular flexibility index (Phi) is 3.72. The van der Waals surface area contributed by atoms with E-state index < -0.39 is 0 Å². The maximum absolute atomic E-state index is 5.35. The molecule has 3 aromatic heterocycles. The highest BCUT2D eigenvalue weighted by Gasteiger charge is 2.19. The van der Waals surface area contributed by atoms with Crippen LogP contribution in [0.4, 0.5) is 0 Å². The van der Waals surface area contributed by atoms with Crippen LogP contribution in [-0.4, -0.2) is 24.7 Å². The molecule has 1 aromatic carbocycles. The predicted octanol–water partition coefficient (Wildman–Crippen LogP) is 3.99. The second-order valence-corrected chi connectivity index (χ2v) is 6.99. The van der Waals surface area contributed by atoms with E-state index in [0.29, 0.717) is 5.89 Å². The SMILES string of the molecule is CCc1noc(C(C)Sc2nnc3cc(C)c4ccccc4n23)n1. The van der Waals surface area contributed by atoms with Crippen molar-refractivity contribution in [2.24, 2.45) is 0 Å². The molecule has 122 valence electrons. The molecule has 1 atom stereocenters. The van der Waals surface area contributed by atoms with Crippen LogP contribution in [0.15, 0.2) is 40.0 Å². The number of hydrogen-bond donors (Lipinski definition) is 0. The van der Waals surface area contributed by atoms with Crippen molar-refractivity contribution in [2.75, 3.05) is 0 Å². The Morgan fingerprint density at radius 2 is 2.08 bits per heavy atom. The molecule has 6 nitrogen and oxygen atoms in total. The molecule has 0 aliphatic carbocycles. The highest BCUT2D eigenvalue weighted by atomic mass is 32.2. The van der Waals surface area contributed by atoms with Crippen LogP contribution < -0.4 is 0 Å². The van der Waals surface area contributed by atoms with Crippen molar-refractivity contribution in [1.29, 1.82) is 0 Å². The van der Waals surface area contributed by atoms with Gasteiger partial charge in [-0.15, -0.1) is 10.2 Å². The van der Waals surface area contributed by atoms with Crippen LogP contribution in [0.2, 0.25) is 0 Å². The van der Waals surface area contributed by atoms with Gasteiger partial charge in [-0.2, -0.15) is 4.98 Å². The van der Waals surface area contributed by atoms with E-state index in [4.69, 9.17) is 4.52 Å². The first-order valence-corrected chi connectivity index (χ1v) is 8.78. The lowest BCUT2D eigenvalue weighted by molar-refractivity contribution is 0.375. The molecule has 24 heavy (non-hydrogen) atoms. The first-order valence-electron chi connectivity index (χ1n) is 7.90. The quantitative estimate of drug-likeness (QED) is 0.524. The Morgan fingerprint density at radius 3 is 2.88 bits per heavy atom. The number of aromatic nitrogens is 5. The summed E-state index contributed by atoms with van der Waals surface area (Å²) in [7, 11) is 0. The molecule has 0 aliphatic rings. The molecule has 3 heterocycles. The molecule has 4 rings (SSSR count). The number of nitrogens with zero attached hydrogens (tertiary/aromatic N) is 5. The van der Waals surface area contributed by atoms with Gasteiger partial charge >= 0.3 is 0 Å². The molecule has 0 N–H and O–H groups in total. The fourth-order valence-corrected chi connectivity index (χ4v) is 3.63. The third kappa shape index (κ3) is 2.45. The van der Waals surface area contributed by atoms with Crippen molar-refractivity contribution in [3.05, 3.63) is 47.6 Å². The molecule has 0 spiro atoms. The van der Waals surface area contributed by atoms with Crippen molar-refractivity contribution < 1.29 is 4.52 Å². The second kappa shape index (κ2) is 5.90. The van der Waals surface area contributed by atoms with E-state index in [-0.39, 0.29) is 5.25 Å². The summed E-state index contributed by atoms with van der Waals surface area (Å²) in [5.74, 6) is 1.34. The minimum Gasteiger partial charge on any atom is -0.338 e. The zero-order valence-electron chi connectivity index (χ0n) is 13.7. The summed E-state index contributed by atoms with van der Waals surface area (Å²) in [5, 5.41) is 14.7. The Morgan fingerprint density at radius 1 is 1.25 bits per heavy atom. The van der Waals surface area contributed by atoms with Gasteiger partial charge in [0.25, 0.3) is 0 Å². The summed E-state index contributed by atoms with van der Waals surface area (Å²) in [6, 6.07) is 10.4. The molecule has 0 bridgehead atoms. The van der Waals surface area contributed by atoms with Gasteiger partial charge in [-0.25, -0.2) is 0 Å². The molecule has 4 aromatic rings. The molecule has 0 aliphatic heterocycles. The second-order valence-electron chi connectivity index (χ2n) is 5.68. The molecular formula is C17H17N5OS. The van der Waals surface area contributed by atoms with E-state index in [9.17, 15) is 0 Å². The maximum atomic E-state index is 5.35. The number of thioether (sulfide) groups is 1. The normalized spacial score (nSPS) is 13.0. The van der Waals surface area contributed by atoms with Gasteiger partial charge in [-0.05, 0) is 31.5 Å². The maximum Gasteiger partial charge on any atom is 0.239 e. The zero-order valence-corrected chi connectivity index (χ0v) is 14.5. The average Bonchev–Trinajstić information content (AvgIpc) is 3.22. The molecule has 0 fully saturated rings. The van der Waals surface area contributed by atoms with Gasteiger partial charge in [0.15, 0.2) is 16.6 Å². The van der Waals surface area contributed by atoms with Gasteiger partial charge in [-0.1, -0.05) is 42.0 Å². The van der Waals surface area contributed by atoms with Crippen molar-refractivity contribution in [3.8, 4) is 0 Å². The Balaban J connectivity index is 1.78. The number of hydrogen-bond acceptors (Lipinski definition) is 6. The van der Waals surface area contributed by atoms with Gasteiger partial charge in [-0.3, -0.25) is 4.40 Å². The van der Waals surface area contributed by atoms with Crippen molar-refractivity contribution in [2.45, 2.75) is 37.6 Å². The van der Waals surface area contributed by atoms with Crippen LogP contribution in [0.3, 0.4) is 0 Å². The number of aryl methyl sites for hydroxylation is 2. The number of para-hydroxylation sites is 1. The van der Waals surface area contributed by atoms with E-state index in [1.165, 1.54) is 10.9 Å². The minimum atomic E-state index is 0.00488. The van der Waals surface area contributed by atoms with E-state index in [1.807, 2.05) is 26.0 Å². The van der Waals surface area contributed by atoms with Gasteiger partial charge in [0.2, 0.25) is 5.89 Å². The average molecular weight is 339 g/mol. The predicted molar refractivity (Wildman–Crippen MR) is 93.2 cm³/mol. The molecule has 7 heteroatoms. The first kappa shape index (κ1) is 15.1. The molecule has 0 saturated carbocycles. The van der Waals surface area contributed by atoms with Gasteiger partial charge in [0.1, 0.15) is 0 Å². The third-order valence-corrected chi connectivity index (χ3v) is 5.03. The van der Waals surface area contributed by atoms with Crippen LogP contribution in [0.25, 0.3) is 16.6 Å². The third-order valence-electron chi connectivity index (χ3n) is 4.00. The summed E-state index contributed by atoms with van der Waals surface area (Å²) >= 11 is 1.57. The zero-order chi connectivity index (χ0) is 16.7. The summed E-state index contributed by atoms with van der Waals surface area (Å²) in [6.45, 7) is 6.14. The van der Waals surface area contributed by atoms with Crippen molar-refractivity contribution >= 4 is 28.3 Å². The lowest BCUT2D eigenvalue weighted by atomic mass is 10.1. The van der Waals surface area contributed by atoms with Crippen LogP contribution in [0.5, 0.6) is 0 Å². The first-order chi connectivity index (χ1) is 11.7. The summed E-state index contributed by atoms with van der Waals surface area (Å²) in [5.41, 5.74) is 3.15. The van der Waals surface area contributed by atoms with Crippen LogP contribution >= 0.6 is 11.8 Å². The summed E-state index contributed by atoms with van der Waals surface area (Å²) in [4.78, 5) is 4.41. The Bertz CT molecular complexity index is 1020. The molecule has 0 amide bonds. The lowest BCUT2D eigenvalue weighted by Gasteiger charge is -2.08. The van der Waals surface area contributed by atoms with E-state index in [0.717, 1.165) is 28.6 Å². The van der Waals surface area contributed by atoms with Crippen LogP contribution in [0.1, 0.15) is 36.4 Å². The number of rotatable bonds is 4. The Labute approximate surface area is 143 Å². The number of pyridine rings is 1. The molecular weight excluding hydrogens is 322 g/mol. The lowest BCUT2D eigenvalue weighted by Crippen LogP contribution is -1.96. The number of fused-ring (bicyclic) bond motifs is 3. The van der Waals surface area contributed by atoms with E-state index >= 15 is 0 Å². The summed E-state index contributed by atoms with van der Waals surface area (Å²) < 4.78 is 7.43. The standard InChI is InChI=1S/C17H17N5OS/c1-4-14-18-16(23-21-14)11(3)24-17-20-19-15-9-10(2)12-7-5-6-8-13(12)22(15)17/h5-9,11H,4H2,1-3H3. The smallest absolute Gasteiger partial charge is 0.239 e. The molecule has 1 unspecified atom stereocenters. The van der Waals surface area contributed by atoms with Crippen molar-refractivity contribution in [3.63, 3.8) is 0 Å². The van der Waals surface area contributed by atoms with Crippen LogP contribution in [0, 0.1) is 6.92 Å². The van der Waals surface area contributed by atoms with Crippen LogP contribution in [-0.2, 0) is 6.42 Å². The largest absolute Gasteiger partial charge is 0.338 e. The van der Waals surface area contributed by atoms with E-state index in [2.05, 4.69) is 49.9 Å². The van der Waals surface area contributed by atoms with E-state index in [1.54, 1.807) is 11.8 Å². The fraction of sp³-hybridized carbons (Fsp3) is 0.294. The topological polar surface area (TPSA) is 69.1 Å². The van der Waals surface area contributed by atoms with Crippen molar-refractivity contribution in [1.82, 2.24) is 24.7 Å². The monoisotopic (exact) mass is 339 g/mol. The summed E-state index contributed by atoms with van der Waals surface area (Å²) in [6.07, 6.45) is 0.763. The Hall–Kier alpha value is -2.41.